The number of aromatic nitrogens is 3. The Morgan fingerprint density at radius 3 is 2.57 bits per heavy atom. The summed E-state index contributed by atoms with van der Waals surface area (Å²) in [5, 5.41) is 9.24. The summed E-state index contributed by atoms with van der Waals surface area (Å²) in [6.07, 6.45) is 11.5. The first-order valence-electron chi connectivity index (χ1n) is 11.6. The van der Waals surface area contributed by atoms with Crippen LogP contribution in [0.4, 0.5) is 15.0 Å². The second-order valence-electron chi connectivity index (χ2n) is 8.62. The SMILES string of the molecule is C\C=C/C=C(\C(F)=C\Cl)N(N)/C(=N\N)c1cc(-c2cnn(C3CCN(C(=O)N(C)C)CC3)c2)cnc1N. The quantitative estimate of drug-likeness (QED) is 0.171. The fraction of sp³-hybridized carbons (Fsp3) is 0.333. The molecular formula is C24H32ClFN10O. The standard InChI is InChI=1S/C24H32ClFN10O/c1-4-5-6-21(20(26)12-25)36(29)23(32-28)19-11-16(13-30-22(19)27)17-14-31-35(15-17)18-7-9-34(10-8-18)24(37)33(2)3/h4-6,11-15,18H,7-10,28-29H2,1-3H3,(H2,27,30)/b5-4-,20-12-,21-6+,32-23-. The summed E-state index contributed by atoms with van der Waals surface area (Å²) in [6.45, 7) is 3.08. The predicted molar refractivity (Wildman–Crippen MR) is 143 cm³/mol. The van der Waals surface area contributed by atoms with E-state index in [1.165, 1.54) is 6.08 Å². The van der Waals surface area contributed by atoms with Gasteiger partial charge >= 0.3 is 6.03 Å². The molecule has 1 fully saturated rings. The zero-order valence-corrected chi connectivity index (χ0v) is 21.8. The zero-order valence-electron chi connectivity index (χ0n) is 21.1. The van der Waals surface area contributed by atoms with Gasteiger partial charge in [0.1, 0.15) is 5.82 Å². The van der Waals surface area contributed by atoms with Crippen LogP contribution in [-0.2, 0) is 0 Å². The van der Waals surface area contributed by atoms with Gasteiger partial charge in [-0.3, -0.25) is 9.69 Å². The van der Waals surface area contributed by atoms with Crippen molar-refractivity contribution in [3.8, 4) is 11.1 Å². The van der Waals surface area contributed by atoms with Crippen molar-refractivity contribution in [2.24, 2.45) is 16.8 Å². The Hall–Kier alpha value is -3.90. The summed E-state index contributed by atoms with van der Waals surface area (Å²) in [6, 6.07) is 1.88. The third kappa shape index (κ3) is 6.27. The number of carbonyl (C=O) groups is 1. The normalized spacial score (nSPS) is 15.9. The van der Waals surface area contributed by atoms with Crippen LogP contribution < -0.4 is 17.4 Å². The molecule has 0 unspecified atom stereocenters. The minimum atomic E-state index is -0.786. The van der Waals surface area contributed by atoms with Crippen LogP contribution >= 0.6 is 11.6 Å². The van der Waals surface area contributed by atoms with Gasteiger partial charge in [0.2, 0.25) is 0 Å². The van der Waals surface area contributed by atoms with Gasteiger partial charge in [0, 0.05) is 56.2 Å². The number of amidine groups is 1. The molecule has 0 saturated carbocycles. The Bertz CT molecular complexity index is 1230. The number of amides is 2. The first-order chi connectivity index (χ1) is 17.7. The molecule has 2 amide bonds. The number of allylic oxidation sites excluding steroid dienone is 4. The van der Waals surface area contributed by atoms with Crippen LogP contribution in [0.1, 0.15) is 31.4 Å². The lowest BCUT2D eigenvalue weighted by atomic mass is 10.1. The maximum absolute atomic E-state index is 14.4. The van der Waals surface area contributed by atoms with Gasteiger partial charge in [-0.15, -0.1) is 0 Å². The lowest BCUT2D eigenvalue weighted by molar-refractivity contribution is 0.146. The van der Waals surface area contributed by atoms with Crippen LogP contribution in [0.5, 0.6) is 0 Å². The Morgan fingerprint density at radius 1 is 1.27 bits per heavy atom. The second kappa shape index (κ2) is 12.4. The van der Waals surface area contributed by atoms with Crippen molar-refractivity contribution in [2.75, 3.05) is 32.9 Å². The largest absolute Gasteiger partial charge is 0.383 e. The number of pyridine rings is 1. The van der Waals surface area contributed by atoms with E-state index in [0.717, 1.165) is 28.9 Å². The van der Waals surface area contributed by atoms with Gasteiger partial charge in [0.15, 0.2) is 11.7 Å². The van der Waals surface area contributed by atoms with Gasteiger partial charge in [-0.25, -0.2) is 20.0 Å². The van der Waals surface area contributed by atoms with Gasteiger partial charge in [0.05, 0.1) is 23.5 Å². The molecule has 37 heavy (non-hydrogen) atoms. The Morgan fingerprint density at radius 2 is 1.97 bits per heavy atom. The van der Waals surface area contributed by atoms with Crippen molar-refractivity contribution in [3.05, 3.63) is 65.5 Å². The van der Waals surface area contributed by atoms with Crippen LogP contribution in [0.15, 0.2) is 65.0 Å². The predicted octanol–water partition coefficient (Wildman–Crippen LogP) is 3.15. The number of likely N-dealkylation sites (tertiary alicyclic amines) is 1. The number of nitrogens with zero attached hydrogens (tertiary/aromatic N) is 7. The van der Waals surface area contributed by atoms with Crippen molar-refractivity contribution >= 4 is 29.3 Å². The maximum Gasteiger partial charge on any atom is 0.319 e. The van der Waals surface area contributed by atoms with Gasteiger partial charge < -0.3 is 21.4 Å². The van der Waals surface area contributed by atoms with Crippen molar-refractivity contribution < 1.29 is 9.18 Å². The van der Waals surface area contributed by atoms with Crippen LogP contribution in [0.25, 0.3) is 11.1 Å². The smallest absolute Gasteiger partial charge is 0.319 e. The molecule has 13 heteroatoms. The number of anilines is 1. The van der Waals surface area contributed by atoms with E-state index in [2.05, 4.69) is 15.2 Å². The van der Waals surface area contributed by atoms with Crippen LogP contribution in [-0.4, -0.2) is 68.6 Å². The molecule has 1 aliphatic heterocycles. The molecule has 0 radical (unpaired) electrons. The summed E-state index contributed by atoms with van der Waals surface area (Å²) in [5.41, 5.74) is 8.59. The van der Waals surface area contributed by atoms with E-state index in [1.807, 2.05) is 15.8 Å². The average molecular weight is 531 g/mol. The van der Waals surface area contributed by atoms with E-state index >= 15 is 0 Å². The molecular weight excluding hydrogens is 499 g/mol. The van der Waals surface area contributed by atoms with Crippen molar-refractivity contribution in [1.29, 1.82) is 0 Å². The van der Waals surface area contributed by atoms with Crippen molar-refractivity contribution in [2.45, 2.75) is 25.8 Å². The second-order valence-corrected chi connectivity index (χ2v) is 8.84. The van der Waals surface area contributed by atoms with E-state index in [4.69, 9.17) is 29.0 Å². The minimum absolute atomic E-state index is 0.0107. The average Bonchev–Trinajstić information content (AvgIpc) is 3.40. The van der Waals surface area contributed by atoms with Gasteiger partial charge in [0.25, 0.3) is 0 Å². The highest BCUT2D eigenvalue weighted by Gasteiger charge is 2.26. The van der Waals surface area contributed by atoms with Crippen molar-refractivity contribution in [1.82, 2.24) is 29.6 Å². The molecule has 11 nitrogen and oxygen atoms in total. The topological polar surface area (TPSA) is 148 Å². The Balaban J connectivity index is 1.85. The van der Waals surface area contributed by atoms with Gasteiger partial charge in [-0.1, -0.05) is 23.8 Å². The molecule has 2 aromatic rings. The number of piperidine rings is 1. The summed E-state index contributed by atoms with van der Waals surface area (Å²) >= 11 is 5.58. The Labute approximate surface area is 220 Å². The number of hydrazine groups is 1. The van der Waals surface area contributed by atoms with E-state index < -0.39 is 5.83 Å². The first kappa shape index (κ1) is 27.7. The lowest BCUT2D eigenvalue weighted by Gasteiger charge is -2.33. The molecule has 0 aliphatic carbocycles. The molecule has 3 rings (SSSR count). The molecule has 2 aromatic heterocycles. The number of nitrogen functional groups attached to an aromatic ring is 1. The van der Waals surface area contributed by atoms with Crippen LogP contribution in [0.3, 0.4) is 0 Å². The summed E-state index contributed by atoms with van der Waals surface area (Å²) in [7, 11) is 3.50. The molecule has 198 valence electrons. The number of nitrogens with two attached hydrogens (primary N) is 3. The van der Waals surface area contributed by atoms with Crippen molar-refractivity contribution in [3.63, 3.8) is 0 Å². The highest BCUT2D eigenvalue weighted by Crippen LogP contribution is 2.28. The first-order valence-corrected chi connectivity index (χ1v) is 12.0. The minimum Gasteiger partial charge on any atom is -0.383 e. The van der Waals surface area contributed by atoms with Crippen LogP contribution in [0.2, 0.25) is 0 Å². The van der Waals surface area contributed by atoms with E-state index in [1.54, 1.807) is 56.5 Å². The number of hydrogen-bond acceptors (Lipinski definition) is 7. The maximum atomic E-state index is 14.4. The number of urea groups is 1. The molecule has 1 saturated heterocycles. The highest BCUT2D eigenvalue weighted by atomic mass is 35.5. The summed E-state index contributed by atoms with van der Waals surface area (Å²) in [4.78, 5) is 19.9. The molecule has 1 aliphatic rings. The molecule has 0 atom stereocenters. The summed E-state index contributed by atoms with van der Waals surface area (Å²) in [5.74, 6) is 11.1. The third-order valence-electron chi connectivity index (χ3n) is 5.98. The fourth-order valence-corrected chi connectivity index (χ4v) is 4.11. The third-order valence-corrected chi connectivity index (χ3v) is 6.17. The summed E-state index contributed by atoms with van der Waals surface area (Å²) < 4.78 is 16.3. The molecule has 0 spiro atoms. The van der Waals surface area contributed by atoms with E-state index in [-0.39, 0.29) is 29.4 Å². The molecule has 0 bridgehead atoms. The highest BCUT2D eigenvalue weighted by molar-refractivity contribution is 6.25. The van der Waals surface area contributed by atoms with E-state index in [0.29, 0.717) is 24.2 Å². The lowest BCUT2D eigenvalue weighted by Crippen LogP contribution is -2.44. The molecule has 3 heterocycles. The number of hydrazone groups is 1. The zero-order chi connectivity index (χ0) is 27.1. The molecule has 0 aromatic carbocycles. The number of carbonyl (C=O) groups excluding carboxylic acids is 1. The van der Waals surface area contributed by atoms with Gasteiger partial charge in [-0.2, -0.15) is 10.2 Å². The Kier molecular flexibility index (Phi) is 9.25. The number of hydrogen-bond donors (Lipinski definition) is 3. The fourth-order valence-electron chi connectivity index (χ4n) is 4.00. The van der Waals surface area contributed by atoms with Gasteiger partial charge in [-0.05, 0) is 31.9 Å². The monoisotopic (exact) mass is 530 g/mol. The van der Waals surface area contributed by atoms with E-state index in [9.17, 15) is 9.18 Å². The number of halogens is 2. The molecule has 6 N–H and O–H groups in total. The van der Waals surface area contributed by atoms with Crippen LogP contribution in [0, 0.1) is 0 Å². The number of rotatable bonds is 6.